The van der Waals surface area contributed by atoms with E-state index < -0.39 is 0 Å². The molecule has 0 amide bonds. The molecule has 118 valence electrons. The van der Waals surface area contributed by atoms with Gasteiger partial charge in [0, 0.05) is 12.6 Å². The van der Waals surface area contributed by atoms with Gasteiger partial charge in [-0.25, -0.2) is 0 Å². The molecular weight excluding hydrogens is 260 g/mol. The number of benzene rings is 1. The minimum atomic E-state index is -0.364. The minimum absolute atomic E-state index is 0.364. The van der Waals surface area contributed by atoms with Crippen molar-refractivity contribution < 1.29 is 5.11 Å². The SMILES string of the molecule is CCCc1ccc(C(O)CN2CCC(N(C)C)CC2)cc1. The van der Waals surface area contributed by atoms with Gasteiger partial charge >= 0.3 is 0 Å². The van der Waals surface area contributed by atoms with Crippen LogP contribution in [0.5, 0.6) is 0 Å². The van der Waals surface area contributed by atoms with E-state index in [4.69, 9.17) is 0 Å². The van der Waals surface area contributed by atoms with E-state index in [0.29, 0.717) is 6.04 Å². The first-order chi connectivity index (χ1) is 10.1. The highest BCUT2D eigenvalue weighted by Gasteiger charge is 2.22. The van der Waals surface area contributed by atoms with Crippen LogP contribution in [0.1, 0.15) is 43.4 Å². The second kappa shape index (κ2) is 7.92. The van der Waals surface area contributed by atoms with Gasteiger partial charge in [-0.05, 0) is 57.6 Å². The zero-order chi connectivity index (χ0) is 15.2. The average Bonchev–Trinajstić information content (AvgIpc) is 2.49. The van der Waals surface area contributed by atoms with Crippen LogP contribution >= 0.6 is 0 Å². The number of hydrogen-bond donors (Lipinski definition) is 1. The predicted octanol–water partition coefficient (Wildman–Crippen LogP) is 2.70. The molecule has 0 radical (unpaired) electrons. The van der Waals surface area contributed by atoms with Crippen LogP contribution in [-0.4, -0.2) is 54.7 Å². The Morgan fingerprint density at radius 1 is 1.19 bits per heavy atom. The molecule has 0 spiro atoms. The Hall–Kier alpha value is -0.900. The number of piperidine rings is 1. The summed E-state index contributed by atoms with van der Waals surface area (Å²) < 4.78 is 0. The lowest BCUT2D eigenvalue weighted by Crippen LogP contribution is -2.43. The molecule has 1 unspecified atom stereocenters. The molecule has 1 aromatic rings. The molecule has 2 rings (SSSR count). The van der Waals surface area contributed by atoms with Gasteiger partial charge in [0.15, 0.2) is 0 Å². The second-order valence-electron chi connectivity index (χ2n) is 6.50. The molecule has 21 heavy (non-hydrogen) atoms. The van der Waals surface area contributed by atoms with Crippen LogP contribution in [0.3, 0.4) is 0 Å². The largest absolute Gasteiger partial charge is 0.387 e. The first kappa shape index (κ1) is 16.5. The third-order valence-electron chi connectivity index (χ3n) is 4.62. The van der Waals surface area contributed by atoms with Gasteiger partial charge in [0.2, 0.25) is 0 Å². The maximum absolute atomic E-state index is 10.4. The molecule has 0 aliphatic carbocycles. The second-order valence-corrected chi connectivity index (χ2v) is 6.50. The lowest BCUT2D eigenvalue weighted by molar-refractivity contribution is 0.0798. The van der Waals surface area contributed by atoms with Gasteiger partial charge in [0.25, 0.3) is 0 Å². The van der Waals surface area contributed by atoms with Crippen molar-refractivity contribution in [2.75, 3.05) is 33.7 Å². The predicted molar refractivity (Wildman–Crippen MR) is 88.5 cm³/mol. The van der Waals surface area contributed by atoms with E-state index in [9.17, 15) is 5.11 Å². The topological polar surface area (TPSA) is 26.7 Å². The number of aliphatic hydroxyl groups is 1. The molecular formula is C18H30N2O. The van der Waals surface area contributed by atoms with E-state index in [-0.39, 0.29) is 6.10 Å². The summed E-state index contributed by atoms with van der Waals surface area (Å²) in [4.78, 5) is 4.71. The molecule has 3 nitrogen and oxygen atoms in total. The summed E-state index contributed by atoms with van der Waals surface area (Å²) in [5.74, 6) is 0. The zero-order valence-electron chi connectivity index (χ0n) is 13.8. The summed E-state index contributed by atoms with van der Waals surface area (Å²) in [6.07, 6.45) is 4.33. The minimum Gasteiger partial charge on any atom is -0.387 e. The van der Waals surface area contributed by atoms with Gasteiger partial charge < -0.3 is 14.9 Å². The highest BCUT2D eigenvalue weighted by Crippen LogP contribution is 2.20. The lowest BCUT2D eigenvalue weighted by atomic mass is 10.0. The van der Waals surface area contributed by atoms with Crippen LogP contribution in [0.25, 0.3) is 0 Å². The Balaban J connectivity index is 1.83. The van der Waals surface area contributed by atoms with Gasteiger partial charge in [-0.15, -0.1) is 0 Å². The third-order valence-corrected chi connectivity index (χ3v) is 4.62. The van der Waals surface area contributed by atoms with E-state index in [1.54, 1.807) is 0 Å². The monoisotopic (exact) mass is 290 g/mol. The van der Waals surface area contributed by atoms with Crippen molar-refractivity contribution in [1.29, 1.82) is 0 Å². The molecule has 1 atom stereocenters. The summed E-state index contributed by atoms with van der Waals surface area (Å²) >= 11 is 0. The first-order valence-electron chi connectivity index (χ1n) is 8.25. The average molecular weight is 290 g/mol. The van der Waals surface area contributed by atoms with Crippen LogP contribution in [0.4, 0.5) is 0 Å². The molecule has 0 saturated carbocycles. The van der Waals surface area contributed by atoms with Crippen LogP contribution in [0, 0.1) is 0 Å². The van der Waals surface area contributed by atoms with E-state index in [1.165, 1.54) is 24.8 Å². The molecule has 1 saturated heterocycles. The van der Waals surface area contributed by atoms with Crippen LogP contribution in [-0.2, 0) is 6.42 Å². The number of hydrogen-bond acceptors (Lipinski definition) is 3. The summed E-state index contributed by atoms with van der Waals surface area (Å²) in [6, 6.07) is 9.18. The maximum atomic E-state index is 10.4. The Labute approximate surface area is 129 Å². The smallest absolute Gasteiger partial charge is 0.0916 e. The van der Waals surface area contributed by atoms with Gasteiger partial charge in [-0.3, -0.25) is 0 Å². The molecule has 0 aromatic heterocycles. The van der Waals surface area contributed by atoms with Crippen molar-refractivity contribution in [2.24, 2.45) is 0 Å². The Kier molecular flexibility index (Phi) is 6.22. The lowest BCUT2D eigenvalue weighted by Gasteiger charge is -2.36. The molecule has 0 bridgehead atoms. The van der Waals surface area contributed by atoms with Crippen molar-refractivity contribution in [3.05, 3.63) is 35.4 Å². The van der Waals surface area contributed by atoms with Crippen LogP contribution in [0.2, 0.25) is 0 Å². The fourth-order valence-corrected chi connectivity index (χ4v) is 3.16. The number of likely N-dealkylation sites (tertiary alicyclic amines) is 1. The Morgan fingerprint density at radius 3 is 2.33 bits per heavy atom. The molecule has 1 heterocycles. The fraction of sp³-hybridized carbons (Fsp3) is 0.667. The number of β-amino-alcohol motifs (C(OH)–C–C–N with tert-alkyl or cyclic N) is 1. The molecule has 1 fully saturated rings. The summed E-state index contributed by atoms with van der Waals surface area (Å²) in [6.45, 7) is 5.13. The van der Waals surface area contributed by atoms with Crippen molar-refractivity contribution in [2.45, 2.75) is 44.8 Å². The maximum Gasteiger partial charge on any atom is 0.0916 e. The first-order valence-corrected chi connectivity index (χ1v) is 8.25. The summed E-state index contributed by atoms with van der Waals surface area (Å²) in [5, 5.41) is 10.4. The van der Waals surface area contributed by atoms with E-state index in [2.05, 4.69) is 55.1 Å². The van der Waals surface area contributed by atoms with Crippen molar-refractivity contribution in [3.8, 4) is 0 Å². The number of aryl methyl sites for hydroxylation is 1. The number of aliphatic hydroxyl groups excluding tert-OH is 1. The molecule has 1 aliphatic rings. The van der Waals surface area contributed by atoms with E-state index in [0.717, 1.165) is 31.6 Å². The van der Waals surface area contributed by atoms with Crippen molar-refractivity contribution >= 4 is 0 Å². The highest BCUT2D eigenvalue weighted by atomic mass is 16.3. The van der Waals surface area contributed by atoms with Crippen LogP contribution < -0.4 is 0 Å². The molecule has 1 aliphatic heterocycles. The van der Waals surface area contributed by atoms with Gasteiger partial charge in [0.05, 0.1) is 6.10 Å². The van der Waals surface area contributed by atoms with E-state index >= 15 is 0 Å². The number of rotatable bonds is 6. The Morgan fingerprint density at radius 2 is 1.81 bits per heavy atom. The van der Waals surface area contributed by atoms with Crippen molar-refractivity contribution in [1.82, 2.24) is 9.80 Å². The quantitative estimate of drug-likeness (QED) is 0.872. The highest BCUT2D eigenvalue weighted by molar-refractivity contribution is 5.24. The molecule has 1 N–H and O–H groups in total. The normalized spacial score (nSPS) is 19.1. The van der Waals surface area contributed by atoms with Gasteiger partial charge in [0.1, 0.15) is 0 Å². The van der Waals surface area contributed by atoms with Gasteiger partial charge in [-0.1, -0.05) is 37.6 Å². The van der Waals surface area contributed by atoms with Crippen molar-refractivity contribution in [3.63, 3.8) is 0 Å². The summed E-state index contributed by atoms with van der Waals surface area (Å²) in [7, 11) is 4.32. The number of nitrogens with zero attached hydrogens (tertiary/aromatic N) is 2. The third kappa shape index (κ3) is 4.80. The summed E-state index contributed by atoms with van der Waals surface area (Å²) in [5.41, 5.74) is 2.41. The molecule has 1 aromatic carbocycles. The standard InChI is InChI=1S/C18H30N2O/c1-4-5-15-6-8-16(9-7-15)18(21)14-20-12-10-17(11-13-20)19(2)3/h6-9,17-18,21H,4-5,10-14H2,1-3H3. The molecule has 3 heteroatoms. The van der Waals surface area contributed by atoms with E-state index in [1.807, 2.05) is 0 Å². The zero-order valence-corrected chi connectivity index (χ0v) is 13.8. The van der Waals surface area contributed by atoms with Crippen LogP contribution in [0.15, 0.2) is 24.3 Å². The fourth-order valence-electron chi connectivity index (χ4n) is 3.16. The van der Waals surface area contributed by atoms with Gasteiger partial charge in [-0.2, -0.15) is 0 Å². The Bertz CT molecular complexity index is 408.